The fraction of sp³-hybridized carbons (Fsp3) is 0.278. The highest BCUT2D eigenvalue weighted by Crippen LogP contribution is 2.22. The molecule has 0 saturated heterocycles. The summed E-state index contributed by atoms with van der Waals surface area (Å²) in [4.78, 5) is 28.3. The minimum absolute atomic E-state index is 0.0688. The molecule has 1 aromatic heterocycles. The quantitative estimate of drug-likeness (QED) is 0.714. The fourth-order valence-corrected chi connectivity index (χ4v) is 2.27. The van der Waals surface area contributed by atoms with Gasteiger partial charge < -0.3 is 15.4 Å². The molecule has 1 heterocycles. The Balaban J connectivity index is 2.12. The van der Waals surface area contributed by atoms with E-state index in [2.05, 4.69) is 20.4 Å². The maximum atomic E-state index is 12.4. The average Bonchev–Trinajstić information content (AvgIpc) is 2.64. The lowest BCUT2D eigenvalue weighted by atomic mass is 10.1. The molecule has 0 spiro atoms. The molecule has 28 heavy (non-hydrogen) atoms. The normalized spacial score (nSPS) is 11.0. The molecule has 0 aliphatic heterocycles. The number of hydrogen-bond acceptors (Lipinski definition) is 4. The topological polar surface area (TPSA) is 80.3 Å². The molecule has 10 heteroatoms. The third-order valence-corrected chi connectivity index (χ3v) is 3.63. The van der Waals surface area contributed by atoms with Crippen LogP contribution >= 0.6 is 11.6 Å². The average molecular weight is 416 g/mol. The Morgan fingerprint density at radius 3 is 2.54 bits per heavy atom. The van der Waals surface area contributed by atoms with Crippen LogP contribution in [0, 0.1) is 0 Å². The number of nitrogens with one attached hydrogen (secondary N) is 2. The van der Waals surface area contributed by atoms with Crippen LogP contribution in [0.15, 0.2) is 36.5 Å². The molecular formula is C18H17ClF3N3O3. The number of hydrogen-bond donors (Lipinski definition) is 2. The van der Waals surface area contributed by atoms with Gasteiger partial charge in [-0.1, -0.05) is 18.5 Å². The van der Waals surface area contributed by atoms with E-state index in [9.17, 15) is 22.8 Å². The summed E-state index contributed by atoms with van der Waals surface area (Å²) >= 11 is 5.94. The molecule has 6 nitrogen and oxygen atoms in total. The van der Waals surface area contributed by atoms with Gasteiger partial charge in [-0.3, -0.25) is 9.59 Å². The number of rotatable bonds is 7. The van der Waals surface area contributed by atoms with E-state index in [1.807, 2.05) is 6.92 Å². The van der Waals surface area contributed by atoms with Gasteiger partial charge in [0.1, 0.15) is 0 Å². The monoisotopic (exact) mass is 415 g/mol. The Hall–Kier alpha value is -2.81. The smallest absolute Gasteiger partial charge is 0.422 e. The van der Waals surface area contributed by atoms with Crippen LogP contribution in [-0.2, 0) is 0 Å². The van der Waals surface area contributed by atoms with Gasteiger partial charge in [-0.05, 0) is 30.7 Å². The number of anilines is 1. The molecule has 0 unspecified atom stereocenters. The Morgan fingerprint density at radius 2 is 1.93 bits per heavy atom. The Labute approximate surface area is 164 Å². The predicted octanol–water partition coefficient (Wildman–Crippen LogP) is 4.07. The van der Waals surface area contributed by atoms with Crippen LogP contribution in [-0.4, -0.2) is 36.1 Å². The highest BCUT2D eigenvalue weighted by Gasteiger charge is 2.28. The highest BCUT2D eigenvalue weighted by atomic mass is 35.5. The number of aromatic nitrogens is 1. The second-order valence-corrected chi connectivity index (χ2v) is 6.13. The molecule has 0 radical (unpaired) electrons. The van der Waals surface area contributed by atoms with Crippen molar-refractivity contribution < 1.29 is 27.5 Å². The van der Waals surface area contributed by atoms with Crippen LogP contribution in [0.2, 0.25) is 5.02 Å². The number of nitrogens with zero attached hydrogens (tertiary/aromatic N) is 1. The summed E-state index contributed by atoms with van der Waals surface area (Å²) in [6.45, 7) is 0.891. The highest BCUT2D eigenvalue weighted by molar-refractivity contribution is 6.31. The minimum atomic E-state index is -4.49. The molecule has 2 N–H and O–H groups in total. The number of ether oxygens (including phenoxy) is 1. The van der Waals surface area contributed by atoms with Crippen molar-refractivity contribution in [2.75, 3.05) is 18.5 Å². The molecule has 0 bridgehead atoms. The molecule has 0 fully saturated rings. The van der Waals surface area contributed by atoms with E-state index in [-0.39, 0.29) is 28.6 Å². The second-order valence-electron chi connectivity index (χ2n) is 5.69. The van der Waals surface area contributed by atoms with Gasteiger partial charge in [-0.2, -0.15) is 13.2 Å². The van der Waals surface area contributed by atoms with Crippen LogP contribution in [0.25, 0.3) is 0 Å². The zero-order valence-electron chi connectivity index (χ0n) is 14.8. The Bertz CT molecular complexity index is 842. The Kier molecular flexibility index (Phi) is 7.22. The van der Waals surface area contributed by atoms with Crippen LogP contribution in [0.5, 0.6) is 5.88 Å². The van der Waals surface area contributed by atoms with Gasteiger partial charge in [0.2, 0.25) is 5.88 Å². The maximum Gasteiger partial charge on any atom is 0.422 e. The van der Waals surface area contributed by atoms with E-state index >= 15 is 0 Å². The molecule has 150 valence electrons. The minimum Gasteiger partial charge on any atom is -0.468 e. The molecule has 2 aromatic rings. The summed E-state index contributed by atoms with van der Waals surface area (Å²) in [5.74, 6) is -1.25. The molecule has 0 aliphatic rings. The number of benzene rings is 1. The van der Waals surface area contributed by atoms with Gasteiger partial charge in [0, 0.05) is 23.8 Å². The van der Waals surface area contributed by atoms with Crippen molar-refractivity contribution in [3.8, 4) is 5.88 Å². The number of halogens is 4. The number of carbonyl (C=O) groups is 2. The van der Waals surface area contributed by atoms with Crippen molar-refractivity contribution in [1.29, 1.82) is 0 Å². The number of carbonyl (C=O) groups excluding carboxylic acids is 2. The van der Waals surface area contributed by atoms with E-state index in [0.29, 0.717) is 11.6 Å². The van der Waals surface area contributed by atoms with Crippen molar-refractivity contribution in [1.82, 2.24) is 10.3 Å². The van der Waals surface area contributed by atoms with Gasteiger partial charge in [0.05, 0.1) is 16.8 Å². The lowest BCUT2D eigenvalue weighted by Crippen LogP contribution is -2.26. The van der Waals surface area contributed by atoms with E-state index < -0.39 is 18.7 Å². The molecule has 1 aromatic carbocycles. The molecule has 0 saturated carbocycles. The van der Waals surface area contributed by atoms with E-state index in [0.717, 1.165) is 18.7 Å². The third-order valence-electron chi connectivity index (χ3n) is 3.39. The summed E-state index contributed by atoms with van der Waals surface area (Å²) in [5.41, 5.74) is 0.493. The van der Waals surface area contributed by atoms with Crippen molar-refractivity contribution in [2.24, 2.45) is 0 Å². The second kappa shape index (κ2) is 9.41. The zero-order chi connectivity index (χ0) is 20.7. The molecular weight excluding hydrogens is 399 g/mol. The van der Waals surface area contributed by atoms with Gasteiger partial charge >= 0.3 is 6.18 Å². The summed E-state index contributed by atoms with van der Waals surface area (Å²) in [6, 6.07) is 6.83. The van der Waals surface area contributed by atoms with Gasteiger partial charge in [-0.15, -0.1) is 0 Å². The first-order valence-electron chi connectivity index (χ1n) is 8.24. The van der Waals surface area contributed by atoms with Crippen molar-refractivity contribution in [2.45, 2.75) is 19.5 Å². The van der Waals surface area contributed by atoms with Crippen LogP contribution < -0.4 is 15.4 Å². The van der Waals surface area contributed by atoms with Crippen molar-refractivity contribution in [3.05, 3.63) is 52.7 Å². The van der Waals surface area contributed by atoms with Gasteiger partial charge in [-0.25, -0.2) is 4.98 Å². The lowest BCUT2D eigenvalue weighted by Gasteiger charge is -2.12. The number of amides is 2. The molecule has 2 amide bonds. The summed E-state index contributed by atoms with van der Waals surface area (Å²) in [6.07, 6.45) is -2.67. The predicted molar refractivity (Wildman–Crippen MR) is 97.8 cm³/mol. The zero-order valence-corrected chi connectivity index (χ0v) is 15.5. The van der Waals surface area contributed by atoms with E-state index in [4.69, 9.17) is 11.6 Å². The largest absolute Gasteiger partial charge is 0.468 e. The maximum absolute atomic E-state index is 12.4. The third kappa shape index (κ3) is 6.41. The van der Waals surface area contributed by atoms with E-state index in [1.165, 1.54) is 24.3 Å². The number of pyridine rings is 1. The lowest BCUT2D eigenvalue weighted by molar-refractivity contribution is -0.154. The van der Waals surface area contributed by atoms with Crippen LogP contribution in [0.4, 0.5) is 18.9 Å². The van der Waals surface area contributed by atoms with Crippen LogP contribution in [0.1, 0.15) is 34.1 Å². The first-order valence-corrected chi connectivity index (χ1v) is 8.62. The first-order chi connectivity index (χ1) is 13.2. The first kappa shape index (κ1) is 21.5. The van der Waals surface area contributed by atoms with Crippen molar-refractivity contribution >= 4 is 29.1 Å². The SMILES string of the molecule is CCCNC(=O)c1ccc(Cl)cc1NC(=O)c1ccc(OCC(F)(F)F)nc1. The summed E-state index contributed by atoms with van der Waals surface area (Å²) < 4.78 is 40.9. The Morgan fingerprint density at radius 1 is 1.18 bits per heavy atom. The molecule has 0 aliphatic carbocycles. The van der Waals surface area contributed by atoms with Gasteiger partial charge in [0.15, 0.2) is 6.61 Å². The molecule has 0 atom stereocenters. The fourth-order valence-electron chi connectivity index (χ4n) is 2.10. The standard InChI is InChI=1S/C18H17ClF3N3O3/c1-2-7-23-17(27)13-5-4-12(19)8-14(13)25-16(26)11-3-6-15(24-9-11)28-10-18(20,21)22/h3-6,8-9H,2,7,10H2,1H3,(H,23,27)(H,25,26). The van der Waals surface area contributed by atoms with Gasteiger partial charge in [0.25, 0.3) is 11.8 Å². The number of alkyl halides is 3. The summed E-state index contributed by atoms with van der Waals surface area (Å²) in [7, 11) is 0. The summed E-state index contributed by atoms with van der Waals surface area (Å²) in [5, 5.41) is 5.57. The van der Waals surface area contributed by atoms with Crippen molar-refractivity contribution in [3.63, 3.8) is 0 Å². The van der Waals surface area contributed by atoms with E-state index in [1.54, 1.807) is 0 Å². The van der Waals surface area contributed by atoms with Crippen LogP contribution in [0.3, 0.4) is 0 Å². The molecule has 2 rings (SSSR count).